The molecule has 0 radical (unpaired) electrons. The summed E-state index contributed by atoms with van der Waals surface area (Å²) in [5, 5.41) is 15.8. The van der Waals surface area contributed by atoms with E-state index < -0.39 is 0 Å². The first-order valence-electron chi connectivity index (χ1n) is 7.21. The van der Waals surface area contributed by atoms with Crippen LogP contribution in [-0.2, 0) is 4.74 Å². The van der Waals surface area contributed by atoms with Crippen LogP contribution in [-0.4, -0.2) is 43.5 Å². The van der Waals surface area contributed by atoms with Crippen molar-refractivity contribution in [2.75, 3.05) is 26.3 Å². The van der Waals surface area contributed by atoms with E-state index in [1.54, 1.807) is 0 Å². The van der Waals surface area contributed by atoms with E-state index in [2.05, 4.69) is 24.5 Å². The molecular weight excluding hydrogens is 244 g/mol. The predicted octanol–water partition coefficient (Wildman–Crippen LogP) is 1.26. The van der Waals surface area contributed by atoms with E-state index in [1.807, 2.05) is 0 Å². The number of ether oxygens (including phenoxy) is 1. The van der Waals surface area contributed by atoms with Crippen LogP contribution >= 0.6 is 0 Å². The standard InChI is InChI=1S/C14H26N2O3/c1-13(9-19-10-13)7-15-12(18)16-8-14(2)6-4-3-5-11(14)17/h11,17H,3-10H2,1-2H3,(H2,15,16,18). The Balaban J connectivity index is 1.70. The summed E-state index contributed by atoms with van der Waals surface area (Å²) in [6.07, 6.45) is 3.72. The maximum atomic E-state index is 11.8. The quantitative estimate of drug-likeness (QED) is 0.720. The van der Waals surface area contributed by atoms with Crippen LogP contribution in [0.4, 0.5) is 4.79 Å². The van der Waals surface area contributed by atoms with Crippen molar-refractivity contribution in [3.8, 4) is 0 Å². The van der Waals surface area contributed by atoms with E-state index in [-0.39, 0.29) is 23.0 Å². The third-order valence-corrected chi connectivity index (χ3v) is 4.51. The molecule has 3 N–H and O–H groups in total. The normalized spacial score (nSPS) is 33.3. The van der Waals surface area contributed by atoms with E-state index >= 15 is 0 Å². The summed E-state index contributed by atoms with van der Waals surface area (Å²) in [7, 11) is 0. The zero-order valence-corrected chi connectivity index (χ0v) is 12.0. The fraction of sp³-hybridized carbons (Fsp3) is 0.929. The highest BCUT2D eigenvalue weighted by molar-refractivity contribution is 5.73. The Morgan fingerprint density at radius 3 is 2.53 bits per heavy atom. The number of rotatable bonds is 4. The topological polar surface area (TPSA) is 70.6 Å². The van der Waals surface area contributed by atoms with Crippen molar-refractivity contribution in [3.63, 3.8) is 0 Å². The number of urea groups is 1. The maximum Gasteiger partial charge on any atom is 0.314 e. The van der Waals surface area contributed by atoms with Crippen molar-refractivity contribution in [3.05, 3.63) is 0 Å². The molecule has 0 bridgehead atoms. The van der Waals surface area contributed by atoms with Gasteiger partial charge >= 0.3 is 6.03 Å². The summed E-state index contributed by atoms with van der Waals surface area (Å²) in [6.45, 7) is 6.75. The Morgan fingerprint density at radius 1 is 1.26 bits per heavy atom. The molecule has 1 heterocycles. The van der Waals surface area contributed by atoms with Gasteiger partial charge in [0, 0.05) is 23.9 Å². The lowest BCUT2D eigenvalue weighted by Gasteiger charge is -2.39. The van der Waals surface area contributed by atoms with Crippen LogP contribution in [0.5, 0.6) is 0 Å². The molecular formula is C14H26N2O3. The summed E-state index contributed by atoms with van der Waals surface area (Å²) in [4.78, 5) is 11.8. The second kappa shape index (κ2) is 5.67. The van der Waals surface area contributed by atoms with Crippen LogP contribution in [0, 0.1) is 10.8 Å². The molecule has 2 atom stereocenters. The summed E-state index contributed by atoms with van der Waals surface area (Å²) < 4.78 is 5.15. The minimum Gasteiger partial charge on any atom is -0.392 e. The van der Waals surface area contributed by atoms with E-state index in [0.717, 1.165) is 25.7 Å². The van der Waals surface area contributed by atoms with Gasteiger partial charge in [0.15, 0.2) is 0 Å². The van der Waals surface area contributed by atoms with Crippen LogP contribution in [0.2, 0.25) is 0 Å². The van der Waals surface area contributed by atoms with Gasteiger partial charge in [0.05, 0.1) is 19.3 Å². The number of hydrogen-bond acceptors (Lipinski definition) is 3. The second-order valence-corrected chi connectivity index (χ2v) is 6.76. The van der Waals surface area contributed by atoms with Crippen molar-refractivity contribution in [2.24, 2.45) is 10.8 Å². The molecule has 1 aliphatic carbocycles. The Labute approximate surface area is 115 Å². The zero-order valence-electron chi connectivity index (χ0n) is 12.0. The van der Waals surface area contributed by atoms with Crippen molar-refractivity contribution in [2.45, 2.75) is 45.6 Å². The Hall–Kier alpha value is -0.810. The van der Waals surface area contributed by atoms with E-state index in [0.29, 0.717) is 26.3 Å². The van der Waals surface area contributed by atoms with Crippen molar-refractivity contribution >= 4 is 6.03 Å². The van der Waals surface area contributed by atoms with Gasteiger partial charge in [0.1, 0.15) is 0 Å². The molecule has 0 spiro atoms. The molecule has 2 rings (SSSR count). The summed E-state index contributed by atoms with van der Waals surface area (Å²) in [5.74, 6) is 0. The minimum absolute atomic E-state index is 0.0889. The summed E-state index contributed by atoms with van der Waals surface area (Å²) >= 11 is 0. The van der Waals surface area contributed by atoms with Crippen LogP contribution in [0.1, 0.15) is 39.5 Å². The number of nitrogens with one attached hydrogen (secondary N) is 2. The fourth-order valence-corrected chi connectivity index (χ4v) is 2.78. The molecule has 5 nitrogen and oxygen atoms in total. The smallest absolute Gasteiger partial charge is 0.314 e. The monoisotopic (exact) mass is 270 g/mol. The van der Waals surface area contributed by atoms with Crippen LogP contribution in [0.3, 0.4) is 0 Å². The third kappa shape index (κ3) is 3.60. The summed E-state index contributed by atoms with van der Waals surface area (Å²) in [5.41, 5.74) is -0.0926. The molecule has 2 aliphatic rings. The van der Waals surface area contributed by atoms with Crippen LogP contribution in [0.25, 0.3) is 0 Å². The van der Waals surface area contributed by atoms with Gasteiger partial charge in [0.25, 0.3) is 0 Å². The molecule has 1 saturated carbocycles. The van der Waals surface area contributed by atoms with Gasteiger partial charge in [0.2, 0.25) is 0 Å². The highest BCUT2D eigenvalue weighted by Crippen LogP contribution is 2.35. The average Bonchev–Trinajstić information content (AvgIpc) is 2.35. The fourth-order valence-electron chi connectivity index (χ4n) is 2.78. The van der Waals surface area contributed by atoms with Gasteiger partial charge in [-0.3, -0.25) is 0 Å². The van der Waals surface area contributed by atoms with Crippen LogP contribution in [0.15, 0.2) is 0 Å². The Bertz CT molecular complexity index is 331. The third-order valence-electron chi connectivity index (χ3n) is 4.51. The van der Waals surface area contributed by atoms with E-state index in [4.69, 9.17) is 4.74 Å². The number of carbonyl (C=O) groups is 1. The molecule has 110 valence electrons. The SMILES string of the molecule is CC1(CNC(=O)NCC2(C)CCCCC2O)COC1. The molecule has 2 amide bonds. The van der Waals surface area contributed by atoms with E-state index in [1.165, 1.54) is 0 Å². The molecule has 5 heteroatoms. The molecule has 0 aromatic heterocycles. The number of amides is 2. The Kier molecular flexibility index (Phi) is 4.36. The highest BCUT2D eigenvalue weighted by atomic mass is 16.5. The lowest BCUT2D eigenvalue weighted by molar-refractivity contribution is -0.0976. The molecule has 0 aromatic rings. The van der Waals surface area contributed by atoms with Crippen molar-refractivity contribution in [1.29, 1.82) is 0 Å². The number of carbonyl (C=O) groups excluding carboxylic acids is 1. The molecule has 19 heavy (non-hydrogen) atoms. The molecule has 2 unspecified atom stereocenters. The number of aliphatic hydroxyl groups excluding tert-OH is 1. The van der Waals surface area contributed by atoms with Gasteiger partial charge in [-0.15, -0.1) is 0 Å². The van der Waals surface area contributed by atoms with Gasteiger partial charge in [-0.1, -0.05) is 26.7 Å². The van der Waals surface area contributed by atoms with Crippen molar-refractivity contribution in [1.82, 2.24) is 10.6 Å². The van der Waals surface area contributed by atoms with Crippen LogP contribution < -0.4 is 10.6 Å². The number of aliphatic hydroxyl groups is 1. The lowest BCUT2D eigenvalue weighted by atomic mass is 9.73. The summed E-state index contributed by atoms with van der Waals surface area (Å²) in [6, 6.07) is -0.146. The first-order chi connectivity index (χ1) is 8.94. The number of hydrogen-bond donors (Lipinski definition) is 3. The largest absolute Gasteiger partial charge is 0.392 e. The zero-order chi connectivity index (χ0) is 13.9. The molecule has 2 fully saturated rings. The lowest BCUT2D eigenvalue weighted by Crippen LogP contribution is -2.52. The Morgan fingerprint density at radius 2 is 1.95 bits per heavy atom. The van der Waals surface area contributed by atoms with Crippen molar-refractivity contribution < 1.29 is 14.6 Å². The van der Waals surface area contributed by atoms with Gasteiger partial charge in [-0.2, -0.15) is 0 Å². The molecule has 1 saturated heterocycles. The maximum absolute atomic E-state index is 11.8. The minimum atomic E-state index is -0.306. The van der Waals surface area contributed by atoms with Gasteiger partial charge in [-0.25, -0.2) is 4.79 Å². The van der Waals surface area contributed by atoms with Gasteiger partial charge < -0.3 is 20.5 Å². The molecule has 0 aromatic carbocycles. The average molecular weight is 270 g/mol. The van der Waals surface area contributed by atoms with Gasteiger partial charge in [-0.05, 0) is 12.8 Å². The predicted molar refractivity (Wildman–Crippen MR) is 72.9 cm³/mol. The van der Waals surface area contributed by atoms with E-state index in [9.17, 15) is 9.90 Å². The molecule has 1 aliphatic heterocycles. The highest BCUT2D eigenvalue weighted by Gasteiger charge is 2.36. The first kappa shape index (κ1) is 14.6. The first-order valence-corrected chi connectivity index (χ1v) is 7.21. The second-order valence-electron chi connectivity index (χ2n) is 6.76.